The summed E-state index contributed by atoms with van der Waals surface area (Å²) >= 11 is 0. The van der Waals surface area contributed by atoms with Crippen molar-refractivity contribution in [2.45, 2.75) is 32.1 Å². The third-order valence-electron chi connectivity index (χ3n) is 5.25. The zero-order valence-electron chi connectivity index (χ0n) is 22.3. The van der Waals surface area contributed by atoms with Gasteiger partial charge >= 0.3 is 45.6 Å². The van der Waals surface area contributed by atoms with Crippen molar-refractivity contribution in [3.8, 4) is 0 Å². The Balaban J connectivity index is 5.66. The largest absolute Gasteiger partial charge is 0.339 e. The summed E-state index contributed by atoms with van der Waals surface area (Å²) in [6.45, 7) is -0.695. The SMILES string of the molecule is O=P(O)(O)CN(CCCCC(CCCN(CP(=O)(O)O)CP(=O)(O)O)CN(CP(=O)(O)O)CP(=O)(O)O)CP(=O)(O)O. The van der Waals surface area contributed by atoms with E-state index in [2.05, 4.69) is 0 Å². The van der Waals surface area contributed by atoms with Crippen molar-refractivity contribution >= 4 is 45.6 Å². The molecule has 0 saturated heterocycles. The van der Waals surface area contributed by atoms with Crippen LogP contribution in [0.25, 0.3) is 0 Å². The number of nitrogens with zero attached hydrogens (tertiary/aromatic N) is 3. The van der Waals surface area contributed by atoms with Gasteiger partial charge < -0.3 is 58.7 Å². The molecule has 0 aromatic rings. The first kappa shape index (κ1) is 42.8. The van der Waals surface area contributed by atoms with Crippen molar-refractivity contribution < 1.29 is 86.1 Å². The maximum absolute atomic E-state index is 11.6. The minimum atomic E-state index is -4.79. The molecule has 254 valence electrons. The summed E-state index contributed by atoms with van der Waals surface area (Å²) in [6, 6.07) is 0. The van der Waals surface area contributed by atoms with E-state index in [4.69, 9.17) is 0 Å². The van der Waals surface area contributed by atoms with Crippen LogP contribution in [0.5, 0.6) is 0 Å². The third kappa shape index (κ3) is 28.3. The molecule has 12 N–H and O–H groups in total. The van der Waals surface area contributed by atoms with Crippen LogP contribution in [0.15, 0.2) is 0 Å². The van der Waals surface area contributed by atoms with Crippen LogP contribution in [-0.4, -0.2) is 131 Å². The molecule has 42 heavy (non-hydrogen) atoms. The molecule has 1 atom stereocenters. The Kier molecular flexibility index (Phi) is 18.0. The summed E-state index contributed by atoms with van der Waals surface area (Å²) in [5.41, 5.74) is 0. The minimum Gasteiger partial charge on any atom is -0.324 e. The van der Waals surface area contributed by atoms with Gasteiger partial charge in [0.05, 0.1) is 0 Å². The van der Waals surface area contributed by atoms with Gasteiger partial charge in [-0.2, -0.15) is 0 Å². The number of rotatable bonds is 23. The van der Waals surface area contributed by atoms with Crippen molar-refractivity contribution in [2.24, 2.45) is 5.92 Å². The monoisotopic (exact) mass is 737 g/mol. The molecule has 0 aliphatic rings. The molecule has 27 heteroatoms. The first-order chi connectivity index (χ1) is 18.5. The summed E-state index contributed by atoms with van der Waals surface area (Å²) in [7, 11) is -28.4. The lowest BCUT2D eigenvalue weighted by Crippen LogP contribution is -2.33. The minimum absolute atomic E-state index is 0.0346. The van der Waals surface area contributed by atoms with Crippen LogP contribution in [-0.2, 0) is 27.4 Å². The summed E-state index contributed by atoms with van der Waals surface area (Å²) in [4.78, 5) is 114. The molecule has 0 aliphatic carbocycles. The van der Waals surface area contributed by atoms with Crippen LogP contribution < -0.4 is 0 Å². The van der Waals surface area contributed by atoms with Gasteiger partial charge in [0.15, 0.2) is 0 Å². The molecular formula is C15H41N3O18P6. The Labute approximate surface area is 241 Å². The number of unbranched alkanes of at least 4 members (excludes halogenated alkanes) is 1. The van der Waals surface area contributed by atoms with Gasteiger partial charge in [-0.15, -0.1) is 0 Å². The van der Waals surface area contributed by atoms with Gasteiger partial charge in [0.1, 0.15) is 37.7 Å². The van der Waals surface area contributed by atoms with Crippen molar-refractivity contribution in [3.63, 3.8) is 0 Å². The van der Waals surface area contributed by atoms with E-state index < -0.39 is 89.2 Å². The summed E-state index contributed by atoms with van der Waals surface area (Å²) in [6.07, 6.45) is -5.24. The lowest BCUT2D eigenvalue weighted by molar-refractivity contribution is 0.219. The van der Waals surface area contributed by atoms with Crippen molar-refractivity contribution in [2.75, 3.05) is 57.3 Å². The molecule has 0 aliphatic heterocycles. The first-order valence-corrected chi connectivity index (χ1v) is 22.7. The molecule has 0 radical (unpaired) electrons. The maximum Gasteiger partial charge on any atom is 0.339 e. The fraction of sp³-hybridized carbons (Fsp3) is 1.00. The van der Waals surface area contributed by atoms with Gasteiger partial charge in [-0.05, 0) is 44.7 Å². The summed E-state index contributed by atoms with van der Waals surface area (Å²) < 4.78 is 68.5. The Hall–Kier alpha value is 0.780. The summed E-state index contributed by atoms with van der Waals surface area (Å²) in [5, 5.41) is 0. The molecule has 0 amide bonds. The predicted octanol–water partition coefficient (Wildman–Crippen LogP) is -0.730. The van der Waals surface area contributed by atoms with Gasteiger partial charge in [0.25, 0.3) is 0 Å². The van der Waals surface area contributed by atoms with E-state index in [-0.39, 0.29) is 51.7 Å². The van der Waals surface area contributed by atoms with Crippen LogP contribution in [0.3, 0.4) is 0 Å². The molecule has 0 aromatic carbocycles. The average molecular weight is 737 g/mol. The first-order valence-electron chi connectivity index (χ1n) is 12.0. The molecular weight excluding hydrogens is 696 g/mol. The second kappa shape index (κ2) is 17.6. The molecule has 0 saturated carbocycles. The molecule has 0 fully saturated rings. The summed E-state index contributed by atoms with van der Waals surface area (Å²) in [5.74, 6) is -0.605. The molecule has 0 rings (SSSR count). The highest BCUT2D eigenvalue weighted by atomic mass is 31.2. The van der Waals surface area contributed by atoms with E-state index in [1.807, 2.05) is 0 Å². The van der Waals surface area contributed by atoms with Crippen LogP contribution in [0, 0.1) is 5.92 Å². The normalized spacial score (nSPS) is 15.2. The zero-order chi connectivity index (χ0) is 33.2. The fourth-order valence-electron chi connectivity index (χ4n) is 4.16. The Morgan fingerprint density at radius 3 is 0.952 bits per heavy atom. The number of hydrogen-bond donors (Lipinski definition) is 12. The van der Waals surface area contributed by atoms with Crippen molar-refractivity contribution in [1.82, 2.24) is 14.7 Å². The molecule has 0 aromatic heterocycles. The van der Waals surface area contributed by atoms with Crippen LogP contribution in [0.2, 0.25) is 0 Å². The second-order valence-electron chi connectivity index (χ2n) is 9.98. The lowest BCUT2D eigenvalue weighted by Gasteiger charge is -2.29. The van der Waals surface area contributed by atoms with Gasteiger partial charge in [-0.3, -0.25) is 42.1 Å². The quantitative estimate of drug-likeness (QED) is 0.0454. The van der Waals surface area contributed by atoms with E-state index in [9.17, 15) is 86.1 Å². The second-order valence-corrected chi connectivity index (χ2v) is 19.7. The van der Waals surface area contributed by atoms with Crippen molar-refractivity contribution in [1.29, 1.82) is 0 Å². The Bertz CT molecular complexity index is 1030. The highest BCUT2D eigenvalue weighted by Crippen LogP contribution is 2.43. The lowest BCUT2D eigenvalue weighted by atomic mass is 9.96. The molecule has 0 bridgehead atoms. The maximum atomic E-state index is 11.6. The highest BCUT2D eigenvalue weighted by Gasteiger charge is 2.30. The smallest absolute Gasteiger partial charge is 0.324 e. The van der Waals surface area contributed by atoms with E-state index >= 15 is 0 Å². The highest BCUT2D eigenvalue weighted by molar-refractivity contribution is 7.53. The third-order valence-corrected chi connectivity index (χ3v) is 9.86. The van der Waals surface area contributed by atoms with E-state index in [0.717, 1.165) is 14.7 Å². The molecule has 1 unspecified atom stereocenters. The average Bonchev–Trinajstić information content (AvgIpc) is 2.63. The predicted molar refractivity (Wildman–Crippen MR) is 148 cm³/mol. The topological polar surface area (TPSA) is 355 Å². The molecule has 0 spiro atoms. The molecule has 21 nitrogen and oxygen atoms in total. The van der Waals surface area contributed by atoms with Gasteiger partial charge in [-0.25, -0.2) is 0 Å². The van der Waals surface area contributed by atoms with Crippen LogP contribution in [0.4, 0.5) is 0 Å². The van der Waals surface area contributed by atoms with E-state index in [1.165, 1.54) is 0 Å². The standard InChI is InChI=1S/C15H41N3O18P6/c19-37(20,21)9-16(10-38(22,23)24)6-2-1-4-15(8-18(13-41(31,32)33)14-42(34,35)36)5-3-7-17(11-39(25,26)27)12-40(28,29)30/h15H,1-14H2,(H2,19,20,21)(H2,22,23,24)(H2,25,26,27)(H2,28,29,30)(H2,31,32,33)(H2,34,35,36). The Morgan fingerprint density at radius 1 is 0.381 bits per heavy atom. The van der Waals surface area contributed by atoms with Gasteiger partial charge in [-0.1, -0.05) is 6.42 Å². The van der Waals surface area contributed by atoms with Gasteiger partial charge in [0.2, 0.25) is 0 Å². The van der Waals surface area contributed by atoms with E-state index in [0.29, 0.717) is 0 Å². The van der Waals surface area contributed by atoms with Crippen molar-refractivity contribution in [3.05, 3.63) is 0 Å². The zero-order valence-corrected chi connectivity index (χ0v) is 27.7. The fourth-order valence-corrected chi connectivity index (χ4v) is 9.16. The Morgan fingerprint density at radius 2 is 0.643 bits per heavy atom. The molecule has 0 heterocycles. The van der Waals surface area contributed by atoms with Gasteiger partial charge in [0, 0.05) is 6.54 Å². The number of hydrogen-bond acceptors (Lipinski definition) is 9. The van der Waals surface area contributed by atoms with E-state index in [1.54, 1.807) is 0 Å². The van der Waals surface area contributed by atoms with Crippen LogP contribution in [0.1, 0.15) is 32.1 Å². The van der Waals surface area contributed by atoms with Crippen LogP contribution >= 0.6 is 45.6 Å².